The second kappa shape index (κ2) is 10.7. The highest BCUT2D eigenvalue weighted by Gasteiger charge is 2.17. The van der Waals surface area contributed by atoms with E-state index in [9.17, 15) is 0 Å². The highest BCUT2D eigenvalue weighted by Crippen LogP contribution is 2.38. The second-order valence-electron chi connectivity index (χ2n) is 11.5. The van der Waals surface area contributed by atoms with Gasteiger partial charge in [0.1, 0.15) is 0 Å². The van der Waals surface area contributed by atoms with Crippen LogP contribution in [-0.2, 0) is 0 Å². The fourth-order valence-electron chi connectivity index (χ4n) is 6.54. The third-order valence-corrected chi connectivity index (χ3v) is 8.80. The Balaban J connectivity index is 1.15. The van der Waals surface area contributed by atoms with E-state index in [4.69, 9.17) is 4.42 Å². The van der Waals surface area contributed by atoms with E-state index >= 15 is 0 Å². The Kier molecular flexibility index (Phi) is 6.10. The lowest BCUT2D eigenvalue weighted by molar-refractivity contribution is 0.585. The molecule has 0 saturated carbocycles. The van der Waals surface area contributed by atoms with E-state index in [1.807, 2.05) is 24.3 Å². The number of nitrogens with zero attached hydrogens (tertiary/aromatic N) is 3. The standard InChI is InChI=1S/C42H27N3O/c1-3-10-28(11-4-1)32-20-24-39-37(26-32)38-27-33(29-12-5-2-6-13-29)21-25-40(38)45(39)34-22-18-31(19-23-34)41-43-44-42(46-41)36-17-9-15-30-14-7-8-16-35(30)36/h1-27H. The molecule has 0 aliphatic heterocycles. The molecule has 0 N–H and O–H groups in total. The Hall–Kier alpha value is -6.26. The largest absolute Gasteiger partial charge is 0.416 e. The first-order valence-corrected chi connectivity index (χ1v) is 15.4. The molecule has 0 amide bonds. The van der Waals surface area contributed by atoms with Gasteiger partial charge in [-0.05, 0) is 87.6 Å². The number of fused-ring (bicyclic) bond motifs is 4. The smallest absolute Gasteiger partial charge is 0.248 e. The maximum Gasteiger partial charge on any atom is 0.248 e. The first-order chi connectivity index (χ1) is 22.8. The van der Waals surface area contributed by atoms with Gasteiger partial charge in [-0.2, -0.15) is 0 Å². The number of rotatable bonds is 5. The molecule has 0 fully saturated rings. The van der Waals surface area contributed by atoms with Gasteiger partial charge in [0.2, 0.25) is 11.8 Å². The van der Waals surface area contributed by atoms with E-state index in [0.29, 0.717) is 11.8 Å². The highest BCUT2D eigenvalue weighted by molar-refractivity contribution is 6.11. The quantitative estimate of drug-likeness (QED) is 0.201. The molecule has 0 atom stereocenters. The highest BCUT2D eigenvalue weighted by atomic mass is 16.4. The summed E-state index contributed by atoms with van der Waals surface area (Å²) in [5.41, 5.74) is 10.00. The lowest BCUT2D eigenvalue weighted by Gasteiger charge is -2.09. The van der Waals surface area contributed by atoms with Crippen molar-refractivity contribution in [1.29, 1.82) is 0 Å². The van der Waals surface area contributed by atoms with Gasteiger partial charge in [0.25, 0.3) is 0 Å². The molecule has 9 rings (SSSR count). The average molecular weight is 590 g/mol. The van der Waals surface area contributed by atoms with Gasteiger partial charge in [0.05, 0.1) is 11.0 Å². The van der Waals surface area contributed by atoms with Crippen molar-refractivity contribution >= 4 is 32.6 Å². The average Bonchev–Trinajstić information content (AvgIpc) is 3.75. The van der Waals surface area contributed by atoms with Gasteiger partial charge in [0, 0.05) is 27.6 Å². The second-order valence-corrected chi connectivity index (χ2v) is 11.5. The van der Waals surface area contributed by atoms with Gasteiger partial charge >= 0.3 is 0 Å². The SMILES string of the molecule is c1ccc(-c2ccc3c(c2)c2cc(-c4ccccc4)ccc2n3-c2ccc(-c3nnc(-c4cccc5ccccc45)o3)cc2)cc1. The Morgan fingerprint density at radius 1 is 0.391 bits per heavy atom. The third kappa shape index (κ3) is 4.39. The van der Waals surface area contributed by atoms with Crippen molar-refractivity contribution < 1.29 is 4.42 Å². The molecule has 0 spiro atoms. The Labute approximate surface area is 265 Å². The van der Waals surface area contributed by atoms with Crippen LogP contribution in [0.25, 0.3) is 83.4 Å². The van der Waals surface area contributed by atoms with E-state index in [-0.39, 0.29) is 0 Å². The van der Waals surface area contributed by atoms with Gasteiger partial charge in [-0.25, -0.2) is 0 Å². The molecule has 46 heavy (non-hydrogen) atoms. The van der Waals surface area contributed by atoms with Gasteiger partial charge < -0.3 is 8.98 Å². The number of hydrogen-bond acceptors (Lipinski definition) is 3. The van der Waals surface area contributed by atoms with Crippen LogP contribution in [0.5, 0.6) is 0 Å². The van der Waals surface area contributed by atoms with Gasteiger partial charge in [-0.15, -0.1) is 10.2 Å². The summed E-state index contributed by atoms with van der Waals surface area (Å²) >= 11 is 0. The summed E-state index contributed by atoms with van der Waals surface area (Å²) in [6.07, 6.45) is 0. The van der Waals surface area contributed by atoms with Crippen molar-refractivity contribution in [2.75, 3.05) is 0 Å². The van der Waals surface area contributed by atoms with Gasteiger partial charge in [-0.1, -0.05) is 109 Å². The molecule has 0 bridgehead atoms. The molecule has 0 aliphatic carbocycles. The predicted octanol–water partition coefficient (Wildman–Crippen LogP) is 11.0. The molecule has 4 nitrogen and oxygen atoms in total. The van der Waals surface area contributed by atoms with Crippen LogP contribution >= 0.6 is 0 Å². The van der Waals surface area contributed by atoms with E-state index < -0.39 is 0 Å². The van der Waals surface area contributed by atoms with E-state index in [1.54, 1.807) is 0 Å². The summed E-state index contributed by atoms with van der Waals surface area (Å²) in [6.45, 7) is 0. The van der Waals surface area contributed by atoms with E-state index in [1.165, 1.54) is 33.0 Å². The van der Waals surface area contributed by atoms with Crippen molar-refractivity contribution in [3.8, 4) is 50.8 Å². The summed E-state index contributed by atoms with van der Waals surface area (Å²) in [5.74, 6) is 1.01. The van der Waals surface area contributed by atoms with E-state index in [2.05, 4.69) is 154 Å². The minimum absolute atomic E-state index is 0.497. The summed E-state index contributed by atoms with van der Waals surface area (Å²) in [4.78, 5) is 0. The first kappa shape index (κ1) is 26.2. The molecule has 0 radical (unpaired) electrons. The topological polar surface area (TPSA) is 43.9 Å². The monoisotopic (exact) mass is 589 g/mol. The summed E-state index contributed by atoms with van der Waals surface area (Å²) in [7, 11) is 0. The molecule has 2 heterocycles. The lowest BCUT2D eigenvalue weighted by atomic mass is 10.0. The first-order valence-electron chi connectivity index (χ1n) is 15.4. The van der Waals surface area contributed by atoms with Crippen molar-refractivity contribution in [1.82, 2.24) is 14.8 Å². The fraction of sp³-hybridized carbons (Fsp3) is 0. The van der Waals surface area contributed by atoms with Crippen LogP contribution in [0, 0.1) is 0 Å². The summed E-state index contributed by atoms with van der Waals surface area (Å²) < 4.78 is 8.56. The zero-order chi connectivity index (χ0) is 30.5. The van der Waals surface area contributed by atoms with Crippen LogP contribution in [0.3, 0.4) is 0 Å². The van der Waals surface area contributed by atoms with Gasteiger partial charge in [0.15, 0.2) is 0 Å². The van der Waals surface area contributed by atoms with Crippen LogP contribution < -0.4 is 0 Å². The number of benzene rings is 7. The zero-order valence-corrected chi connectivity index (χ0v) is 24.8. The summed E-state index contributed by atoms with van der Waals surface area (Å²) in [6, 6.07) is 57.4. The maximum atomic E-state index is 6.22. The van der Waals surface area contributed by atoms with Crippen LogP contribution in [0.1, 0.15) is 0 Å². The van der Waals surface area contributed by atoms with E-state index in [0.717, 1.165) is 38.6 Å². The van der Waals surface area contributed by atoms with Gasteiger partial charge in [-0.3, -0.25) is 0 Å². The molecule has 0 aliphatic rings. The molecule has 0 unspecified atom stereocenters. The molecular weight excluding hydrogens is 562 g/mol. The number of aromatic nitrogens is 3. The Bertz CT molecular complexity index is 2410. The van der Waals surface area contributed by atoms with Crippen molar-refractivity contribution in [3.63, 3.8) is 0 Å². The third-order valence-electron chi connectivity index (χ3n) is 8.80. The molecule has 9 aromatic rings. The molecule has 216 valence electrons. The predicted molar refractivity (Wildman–Crippen MR) is 188 cm³/mol. The Morgan fingerprint density at radius 2 is 0.935 bits per heavy atom. The number of hydrogen-bond donors (Lipinski definition) is 0. The Morgan fingerprint density at radius 3 is 1.59 bits per heavy atom. The molecule has 4 heteroatoms. The zero-order valence-electron chi connectivity index (χ0n) is 24.8. The lowest BCUT2D eigenvalue weighted by Crippen LogP contribution is -1.94. The molecular formula is C42H27N3O. The van der Waals surface area contributed by atoms with Crippen LogP contribution in [-0.4, -0.2) is 14.8 Å². The van der Waals surface area contributed by atoms with Crippen molar-refractivity contribution in [3.05, 3.63) is 164 Å². The normalized spacial score (nSPS) is 11.5. The maximum absolute atomic E-state index is 6.22. The van der Waals surface area contributed by atoms with Crippen LogP contribution in [0.4, 0.5) is 0 Å². The summed E-state index contributed by atoms with van der Waals surface area (Å²) in [5, 5.41) is 13.5. The van der Waals surface area contributed by atoms with Crippen LogP contribution in [0.15, 0.2) is 168 Å². The van der Waals surface area contributed by atoms with Crippen molar-refractivity contribution in [2.45, 2.75) is 0 Å². The fourth-order valence-corrected chi connectivity index (χ4v) is 6.54. The minimum Gasteiger partial charge on any atom is -0.416 e. The molecule has 2 aromatic heterocycles. The minimum atomic E-state index is 0.497. The molecule has 7 aromatic carbocycles. The van der Waals surface area contributed by atoms with Crippen LogP contribution in [0.2, 0.25) is 0 Å². The molecule has 0 saturated heterocycles. The van der Waals surface area contributed by atoms with Crippen molar-refractivity contribution in [2.24, 2.45) is 0 Å².